The molecule has 0 spiro atoms. The average molecular weight is 294 g/mol. The third-order valence-electron chi connectivity index (χ3n) is 4.52. The van der Waals surface area contributed by atoms with Gasteiger partial charge in [0.2, 0.25) is 5.91 Å². The van der Waals surface area contributed by atoms with Crippen molar-refractivity contribution in [3.05, 3.63) is 35.9 Å². The molecule has 0 aliphatic carbocycles. The Kier molecular flexibility index (Phi) is 3.99. The van der Waals surface area contributed by atoms with Crippen LogP contribution in [0.15, 0.2) is 30.3 Å². The lowest BCUT2D eigenvalue weighted by molar-refractivity contribution is -0.133. The van der Waals surface area contributed by atoms with Crippen LogP contribution in [0.2, 0.25) is 0 Å². The van der Waals surface area contributed by atoms with Crippen molar-refractivity contribution in [3.63, 3.8) is 0 Å². The summed E-state index contributed by atoms with van der Waals surface area (Å²) in [5, 5.41) is -0.451. The van der Waals surface area contributed by atoms with E-state index in [-0.39, 0.29) is 11.9 Å². The Hall–Kier alpha value is -1.06. The molecular formula is C16H20ClNO2. The van der Waals surface area contributed by atoms with Crippen molar-refractivity contribution < 1.29 is 9.53 Å². The third kappa shape index (κ3) is 2.45. The Morgan fingerprint density at radius 2 is 2.15 bits per heavy atom. The summed E-state index contributed by atoms with van der Waals surface area (Å²) >= 11 is 6.01. The largest absolute Gasteiger partial charge is 0.381 e. The molecule has 20 heavy (non-hydrogen) atoms. The quantitative estimate of drug-likeness (QED) is 0.785. The van der Waals surface area contributed by atoms with Crippen molar-refractivity contribution in [2.45, 2.75) is 30.7 Å². The molecule has 4 atom stereocenters. The SMILES string of the molecule is CC(Cl)C(=O)N1CC(c2ccccc2)C2COCCC21. The van der Waals surface area contributed by atoms with Gasteiger partial charge in [0.25, 0.3) is 0 Å². The number of hydrogen-bond donors (Lipinski definition) is 0. The molecule has 0 N–H and O–H groups in total. The van der Waals surface area contributed by atoms with Crippen molar-refractivity contribution in [3.8, 4) is 0 Å². The fourth-order valence-electron chi connectivity index (χ4n) is 3.54. The summed E-state index contributed by atoms with van der Waals surface area (Å²) < 4.78 is 5.65. The first kappa shape index (κ1) is 13.9. The number of carbonyl (C=O) groups excluding carboxylic acids is 1. The number of amides is 1. The highest BCUT2D eigenvalue weighted by Crippen LogP contribution is 2.41. The van der Waals surface area contributed by atoms with Crippen molar-refractivity contribution in [2.75, 3.05) is 19.8 Å². The smallest absolute Gasteiger partial charge is 0.240 e. The molecule has 0 aromatic heterocycles. The van der Waals surface area contributed by atoms with Gasteiger partial charge in [-0.15, -0.1) is 11.6 Å². The summed E-state index contributed by atoms with van der Waals surface area (Å²) in [6.45, 7) is 4.00. The highest BCUT2D eigenvalue weighted by molar-refractivity contribution is 6.30. The van der Waals surface area contributed by atoms with E-state index in [4.69, 9.17) is 16.3 Å². The maximum absolute atomic E-state index is 12.3. The van der Waals surface area contributed by atoms with E-state index in [0.29, 0.717) is 11.8 Å². The molecule has 108 valence electrons. The van der Waals surface area contributed by atoms with Gasteiger partial charge in [0.1, 0.15) is 5.38 Å². The molecule has 3 rings (SSSR count). The first-order valence-electron chi connectivity index (χ1n) is 7.25. The monoisotopic (exact) mass is 293 g/mol. The predicted molar refractivity (Wildman–Crippen MR) is 78.9 cm³/mol. The van der Waals surface area contributed by atoms with Crippen LogP contribution in [0.3, 0.4) is 0 Å². The molecule has 0 saturated carbocycles. The molecule has 1 amide bonds. The second-order valence-electron chi connectivity index (χ2n) is 5.72. The zero-order chi connectivity index (χ0) is 14.1. The van der Waals surface area contributed by atoms with Gasteiger partial charge in [0.05, 0.1) is 6.61 Å². The van der Waals surface area contributed by atoms with E-state index < -0.39 is 5.38 Å². The van der Waals surface area contributed by atoms with Crippen LogP contribution in [0.4, 0.5) is 0 Å². The van der Waals surface area contributed by atoms with Crippen molar-refractivity contribution in [2.24, 2.45) is 5.92 Å². The second kappa shape index (κ2) is 5.74. The number of benzene rings is 1. The molecule has 3 nitrogen and oxygen atoms in total. The number of alkyl halides is 1. The Morgan fingerprint density at radius 1 is 1.40 bits per heavy atom. The minimum absolute atomic E-state index is 0.0574. The lowest BCUT2D eigenvalue weighted by Gasteiger charge is -2.32. The highest BCUT2D eigenvalue weighted by atomic mass is 35.5. The van der Waals surface area contributed by atoms with E-state index in [9.17, 15) is 4.79 Å². The molecule has 2 heterocycles. The molecule has 0 bridgehead atoms. The van der Waals surface area contributed by atoms with E-state index in [1.165, 1.54) is 5.56 Å². The molecule has 2 aliphatic heterocycles. The van der Waals surface area contributed by atoms with E-state index in [2.05, 4.69) is 24.3 Å². The highest BCUT2D eigenvalue weighted by Gasteiger charge is 2.46. The summed E-state index contributed by atoms with van der Waals surface area (Å²) in [5.74, 6) is 0.813. The lowest BCUT2D eigenvalue weighted by atomic mass is 9.84. The molecule has 1 aromatic rings. The number of nitrogens with zero attached hydrogens (tertiary/aromatic N) is 1. The Bertz CT molecular complexity index is 477. The van der Waals surface area contributed by atoms with Gasteiger partial charge in [-0.1, -0.05) is 30.3 Å². The summed E-state index contributed by atoms with van der Waals surface area (Å²) in [7, 11) is 0. The number of carbonyl (C=O) groups is 1. The van der Waals surface area contributed by atoms with Crippen LogP contribution in [0.25, 0.3) is 0 Å². The van der Waals surface area contributed by atoms with Gasteiger partial charge in [-0.2, -0.15) is 0 Å². The number of halogens is 1. The van der Waals surface area contributed by atoms with Crippen LogP contribution in [-0.4, -0.2) is 42.0 Å². The minimum atomic E-state index is -0.451. The van der Waals surface area contributed by atoms with Crippen LogP contribution in [-0.2, 0) is 9.53 Å². The van der Waals surface area contributed by atoms with Gasteiger partial charge < -0.3 is 9.64 Å². The van der Waals surface area contributed by atoms with Crippen molar-refractivity contribution >= 4 is 17.5 Å². The zero-order valence-corrected chi connectivity index (χ0v) is 12.4. The number of fused-ring (bicyclic) bond motifs is 1. The van der Waals surface area contributed by atoms with E-state index >= 15 is 0 Å². The maximum atomic E-state index is 12.3. The third-order valence-corrected chi connectivity index (χ3v) is 4.71. The van der Waals surface area contributed by atoms with E-state index in [1.807, 2.05) is 11.0 Å². The Balaban J connectivity index is 1.88. The molecule has 2 fully saturated rings. The standard InChI is InChI=1S/C16H20ClNO2/c1-11(17)16(19)18-9-13(12-5-3-2-4-6-12)14-10-20-8-7-15(14)18/h2-6,11,13-15H,7-10H2,1H3. The second-order valence-corrected chi connectivity index (χ2v) is 6.37. The Labute approximate surface area is 124 Å². The first-order chi connectivity index (χ1) is 9.68. The molecule has 4 unspecified atom stereocenters. The van der Waals surface area contributed by atoms with Gasteiger partial charge in [-0.25, -0.2) is 0 Å². The van der Waals surface area contributed by atoms with Gasteiger partial charge >= 0.3 is 0 Å². The summed E-state index contributed by atoms with van der Waals surface area (Å²) in [6, 6.07) is 10.7. The van der Waals surface area contributed by atoms with Crippen LogP contribution in [0.5, 0.6) is 0 Å². The predicted octanol–water partition coefficient (Wildman–Crippen LogP) is 2.64. The van der Waals surface area contributed by atoms with Crippen molar-refractivity contribution in [1.29, 1.82) is 0 Å². The molecule has 2 aliphatic rings. The molecule has 4 heteroatoms. The molecule has 0 radical (unpaired) electrons. The number of hydrogen-bond acceptors (Lipinski definition) is 2. The molecule has 1 aromatic carbocycles. The summed E-state index contributed by atoms with van der Waals surface area (Å²) in [6.07, 6.45) is 0.920. The van der Waals surface area contributed by atoms with Crippen LogP contribution in [0, 0.1) is 5.92 Å². The number of ether oxygens (including phenoxy) is 1. The van der Waals surface area contributed by atoms with E-state index in [0.717, 1.165) is 26.2 Å². The number of rotatable bonds is 2. The first-order valence-corrected chi connectivity index (χ1v) is 7.69. The van der Waals surface area contributed by atoms with Gasteiger partial charge in [-0.05, 0) is 18.9 Å². The van der Waals surface area contributed by atoms with Crippen LogP contribution < -0.4 is 0 Å². The normalized spacial score (nSPS) is 30.9. The van der Waals surface area contributed by atoms with Crippen molar-refractivity contribution in [1.82, 2.24) is 4.90 Å². The van der Waals surface area contributed by atoms with E-state index in [1.54, 1.807) is 6.92 Å². The summed E-state index contributed by atoms with van der Waals surface area (Å²) in [4.78, 5) is 14.3. The maximum Gasteiger partial charge on any atom is 0.240 e. The van der Waals surface area contributed by atoms with Crippen LogP contribution >= 0.6 is 11.6 Å². The minimum Gasteiger partial charge on any atom is -0.381 e. The van der Waals surface area contributed by atoms with Crippen LogP contribution in [0.1, 0.15) is 24.8 Å². The summed E-state index contributed by atoms with van der Waals surface area (Å²) in [5.41, 5.74) is 1.30. The zero-order valence-electron chi connectivity index (χ0n) is 11.7. The molecule has 2 saturated heterocycles. The average Bonchev–Trinajstić information content (AvgIpc) is 2.87. The van der Waals surface area contributed by atoms with Gasteiger partial charge in [-0.3, -0.25) is 4.79 Å². The lowest BCUT2D eigenvalue weighted by Crippen LogP contribution is -2.44. The fourth-order valence-corrected chi connectivity index (χ4v) is 3.66. The number of likely N-dealkylation sites (tertiary alicyclic amines) is 1. The topological polar surface area (TPSA) is 29.5 Å². The fraction of sp³-hybridized carbons (Fsp3) is 0.562. The Morgan fingerprint density at radius 3 is 2.85 bits per heavy atom. The van der Waals surface area contributed by atoms with Gasteiger partial charge in [0.15, 0.2) is 0 Å². The van der Waals surface area contributed by atoms with Gasteiger partial charge in [0, 0.05) is 31.0 Å². The molecular weight excluding hydrogens is 274 g/mol.